The van der Waals surface area contributed by atoms with E-state index in [0.717, 1.165) is 25.2 Å². The Labute approximate surface area is 168 Å². The van der Waals surface area contributed by atoms with Crippen LogP contribution in [0.5, 0.6) is 0 Å². The minimum atomic E-state index is -0.260. The van der Waals surface area contributed by atoms with Crippen molar-refractivity contribution in [1.82, 2.24) is 25.4 Å². The maximum Gasteiger partial charge on any atom is 0.264 e. The number of halogens is 1. The second kappa shape index (κ2) is 8.70. The number of pyridine rings is 1. The lowest BCUT2D eigenvalue weighted by atomic mass is 9.79. The normalized spacial score (nSPS) is 22.6. The molecule has 0 spiro atoms. The van der Waals surface area contributed by atoms with Crippen molar-refractivity contribution in [3.05, 3.63) is 62.4 Å². The molecule has 8 nitrogen and oxygen atoms in total. The summed E-state index contributed by atoms with van der Waals surface area (Å²) >= 11 is 0. The molecular weight excluding hydrogens is 382 g/mol. The summed E-state index contributed by atoms with van der Waals surface area (Å²) in [5.41, 5.74) is 1.47. The maximum absolute atomic E-state index is 12.5. The van der Waals surface area contributed by atoms with Gasteiger partial charge in [-0.2, -0.15) is 5.10 Å². The number of amides is 1. The minimum Gasteiger partial charge on any atom is -0.354 e. The summed E-state index contributed by atoms with van der Waals surface area (Å²) in [6.45, 7) is 2.19. The zero-order valence-corrected chi connectivity index (χ0v) is 16.2. The Hall–Kier alpha value is -2.45. The standard InChI is InChI=1S/C19H23N5O3.ClH/c25-17(6-4-14-5-7-18(26)23-22-14)21-11-16-13-8-12(9-20-10-13)15-2-1-3-19(27)24(15)16;/h1-3,5,7,12-13,16,20H,4,6,8-11H2,(H,21,25)(H,23,26);1H/t12-,13+,16+;/m1./s1. The summed E-state index contributed by atoms with van der Waals surface area (Å²) in [7, 11) is 0. The molecule has 2 bridgehead atoms. The van der Waals surface area contributed by atoms with Gasteiger partial charge in [0.25, 0.3) is 11.1 Å². The molecular formula is C19H24ClN5O3. The molecule has 2 aliphatic rings. The number of aromatic amines is 1. The van der Waals surface area contributed by atoms with E-state index < -0.39 is 0 Å². The van der Waals surface area contributed by atoms with E-state index in [4.69, 9.17) is 0 Å². The Bertz CT molecular complexity index is 937. The SMILES string of the molecule is Cl.O=C(CCc1ccc(=O)[nH]n1)NC[C@H]1[C@@H]2CNC[C@@H](C2)c2cccc(=O)n21. The molecule has 3 atom stereocenters. The van der Waals surface area contributed by atoms with Gasteiger partial charge >= 0.3 is 0 Å². The Morgan fingerprint density at radius 1 is 1.21 bits per heavy atom. The molecule has 0 saturated carbocycles. The lowest BCUT2D eigenvalue weighted by Crippen LogP contribution is -2.50. The van der Waals surface area contributed by atoms with Crippen LogP contribution in [0.25, 0.3) is 0 Å². The summed E-state index contributed by atoms with van der Waals surface area (Å²) in [4.78, 5) is 35.8. The van der Waals surface area contributed by atoms with Crippen LogP contribution in [0.15, 0.2) is 39.9 Å². The lowest BCUT2D eigenvalue weighted by molar-refractivity contribution is -0.121. The highest BCUT2D eigenvalue weighted by Gasteiger charge is 2.37. The quantitative estimate of drug-likeness (QED) is 0.665. The topological polar surface area (TPSA) is 109 Å². The zero-order chi connectivity index (χ0) is 18.8. The second-order valence-corrected chi connectivity index (χ2v) is 7.29. The van der Waals surface area contributed by atoms with Gasteiger partial charge in [0.1, 0.15) is 0 Å². The van der Waals surface area contributed by atoms with Crippen LogP contribution in [0.4, 0.5) is 0 Å². The monoisotopic (exact) mass is 405 g/mol. The van der Waals surface area contributed by atoms with Gasteiger partial charge in [0, 0.05) is 56.2 Å². The van der Waals surface area contributed by atoms with Crippen LogP contribution in [0.3, 0.4) is 0 Å². The molecule has 4 rings (SSSR count). The van der Waals surface area contributed by atoms with Crippen LogP contribution in [-0.2, 0) is 11.2 Å². The molecule has 0 aliphatic carbocycles. The number of H-pyrrole nitrogens is 1. The number of carbonyl (C=O) groups excluding carboxylic acids is 1. The second-order valence-electron chi connectivity index (χ2n) is 7.29. The summed E-state index contributed by atoms with van der Waals surface area (Å²) in [6.07, 6.45) is 1.78. The summed E-state index contributed by atoms with van der Waals surface area (Å²) in [6, 6.07) is 8.42. The molecule has 3 N–H and O–H groups in total. The maximum atomic E-state index is 12.5. The van der Waals surface area contributed by atoms with E-state index in [0.29, 0.717) is 30.5 Å². The van der Waals surface area contributed by atoms with E-state index in [1.807, 2.05) is 16.7 Å². The number of hydrogen-bond acceptors (Lipinski definition) is 5. The van der Waals surface area contributed by atoms with Crippen molar-refractivity contribution in [3.63, 3.8) is 0 Å². The Kier molecular flexibility index (Phi) is 6.31. The molecule has 2 aromatic rings. The molecule has 28 heavy (non-hydrogen) atoms. The molecule has 0 aromatic carbocycles. The number of rotatable bonds is 5. The van der Waals surface area contributed by atoms with Gasteiger partial charge in [0.2, 0.25) is 5.91 Å². The largest absolute Gasteiger partial charge is 0.354 e. The van der Waals surface area contributed by atoms with Gasteiger partial charge in [0.15, 0.2) is 0 Å². The van der Waals surface area contributed by atoms with E-state index in [9.17, 15) is 14.4 Å². The van der Waals surface area contributed by atoms with E-state index in [1.165, 1.54) is 6.07 Å². The molecule has 1 amide bonds. The van der Waals surface area contributed by atoms with Crippen molar-refractivity contribution in [1.29, 1.82) is 0 Å². The molecule has 0 unspecified atom stereocenters. The van der Waals surface area contributed by atoms with Crippen LogP contribution in [-0.4, -0.2) is 40.3 Å². The molecule has 1 fully saturated rings. The molecule has 1 saturated heterocycles. The smallest absolute Gasteiger partial charge is 0.264 e. The Morgan fingerprint density at radius 2 is 2.07 bits per heavy atom. The molecule has 4 heterocycles. The zero-order valence-electron chi connectivity index (χ0n) is 15.4. The first-order valence-corrected chi connectivity index (χ1v) is 9.35. The number of aryl methyl sites for hydroxylation is 1. The average molecular weight is 406 g/mol. The highest BCUT2D eigenvalue weighted by atomic mass is 35.5. The van der Waals surface area contributed by atoms with E-state index >= 15 is 0 Å². The van der Waals surface area contributed by atoms with Crippen LogP contribution < -0.4 is 21.8 Å². The minimum absolute atomic E-state index is 0. The molecule has 9 heteroatoms. The van der Waals surface area contributed by atoms with Crippen molar-refractivity contribution in [2.24, 2.45) is 5.92 Å². The van der Waals surface area contributed by atoms with Crippen LogP contribution in [0, 0.1) is 5.92 Å². The van der Waals surface area contributed by atoms with Gasteiger partial charge in [-0.3, -0.25) is 14.4 Å². The van der Waals surface area contributed by atoms with Gasteiger partial charge in [-0.15, -0.1) is 12.4 Å². The third kappa shape index (κ3) is 4.18. The van der Waals surface area contributed by atoms with Crippen molar-refractivity contribution in [3.8, 4) is 0 Å². The number of piperidine rings is 1. The predicted molar refractivity (Wildman–Crippen MR) is 107 cm³/mol. The van der Waals surface area contributed by atoms with Crippen LogP contribution in [0.2, 0.25) is 0 Å². The third-order valence-electron chi connectivity index (χ3n) is 5.55. The molecule has 2 aromatic heterocycles. The van der Waals surface area contributed by atoms with E-state index in [1.54, 1.807) is 12.1 Å². The fraction of sp³-hybridized carbons (Fsp3) is 0.474. The lowest BCUT2D eigenvalue weighted by Gasteiger charge is -2.43. The summed E-state index contributed by atoms with van der Waals surface area (Å²) < 4.78 is 1.88. The first-order valence-electron chi connectivity index (χ1n) is 9.35. The fourth-order valence-electron chi connectivity index (χ4n) is 4.23. The van der Waals surface area contributed by atoms with Crippen LogP contribution >= 0.6 is 12.4 Å². The molecule has 2 aliphatic heterocycles. The third-order valence-corrected chi connectivity index (χ3v) is 5.55. The summed E-state index contributed by atoms with van der Waals surface area (Å²) in [5.74, 6) is 0.604. The Balaban J connectivity index is 0.00000225. The van der Waals surface area contributed by atoms with Gasteiger partial charge in [-0.05, 0) is 24.5 Å². The first-order chi connectivity index (χ1) is 13.1. The number of hydrogen-bond donors (Lipinski definition) is 3. The first kappa shape index (κ1) is 20.3. The Morgan fingerprint density at radius 3 is 2.86 bits per heavy atom. The summed E-state index contributed by atoms with van der Waals surface area (Å²) in [5, 5.41) is 12.7. The van der Waals surface area contributed by atoms with Crippen molar-refractivity contribution >= 4 is 18.3 Å². The number of aromatic nitrogens is 3. The van der Waals surface area contributed by atoms with Gasteiger partial charge in [-0.25, -0.2) is 5.10 Å². The fourth-order valence-corrected chi connectivity index (χ4v) is 4.23. The molecule has 150 valence electrons. The highest BCUT2D eigenvalue weighted by Crippen LogP contribution is 2.37. The number of nitrogens with zero attached hydrogens (tertiary/aromatic N) is 2. The van der Waals surface area contributed by atoms with Gasteiger partial charge < -0.3 is 15.2 Å². The number of carbonyl (C=O) groups is 1. The van der Waals surface area contributed by atoms with Crippen molar-refractivity contribution in [2.75, 3.05) is 19.6 Å². The van der Waals surface area contributed by atoms with Gasteiger partial charge in [0.05, 0.1) is 11.7 Å². The highest BCUT2D eigenvalue weighted by molar-refractivity contribution is 5.85. The van der Waals surface area contributed by atoms with Crippen molar-refractivity contribution < 1.29 is 4.79 Å². The number of fused-ring (bicyclic) bond motifs is 4. The average Bonchev–Trinajstić information content (AvgIpc) is 2.68. The molecule has 0 radical (unpaired) electrons. The van der Waals surface area contributed by atoms with Gasteiger partial charge in [-0.1, -0.05) is 6.07 Å². The van der Waals surface area contributed by atoms with E-state index in [2.05, 4.69) is 20.8 Å². The van der Waals surface area contributed by atoms with Crippen molar-refractivity contribution in [2.45, 2.75) is 31.2 Å². The van der Waals surface area contributed by atoms with E-state index in [-0.39, 0.29) is 41.9 Å². The number of nitrogens with one attached hydrogen (secondary N) is 3. The predicted octanol–water partition coefficient (Wildman–Crippen LogP) is 0.350. The van der Waals surface area contributed by atoms with Crippen LogP contribution in [0.1, 0.15) is 36.2 Å².